The highest BCUT2D eigenvalue weighted by molar-refractivity contribution is 5.97. The van der Waals surface area contributed by atoms with Gasteiger partial charge in [-0.2, -0.15) is 0 Å². The Balaban J connectivity index is 2.12. The fourth-order valence-corrected chi connectivity index (χ4v) is 1.70. The molecule has 0 radical (unpaired) electrons. The van der Waals surface area contributed by atoms with Gasteiger partial charge in [-0.3, -0.25) is 4.79 Å². The fourth-order valence-electron chi connectivity index (χ4n) is 1.70. The van der Waals surface area contributed by atoms with Crippen molar-refractivity contribution in [2.45, 2.75) is 32.2 Å². The standard InChI is InChI=1S/C13H18N2O2/c1-3-13(2,14)12(16)15-10-4-5-11-9(8-10)6-7-17-11/h4-5,8H,3,6-7,14H2,1-2H3,(H,15,16). The molecule has 0 bridgehead atoms. The summed E-state index contributed by atoms with van der Waals surface area (Å²) in [5.41, 5.74) is 6.98. The predicted octanol–water partition coefficient (Wildman–Crippen LogP) is 1.69. The second kappa shape index (κ2) is 4.37. The maximum Gasteiger partial charge on any atom is 0.244 e. The molecule has 0 saturated heterocycles. The van der Waals surface area contributed by atoms with Crippen molar-refractivity contribution in [1.82, 2.24) is 0 Å². The van der Waals surface area contributed by atoms with Crippen LogP contribution in [0.3, 0.4) is 0 Å². The third kappa shape index (κ3) is 2.42. The highest BCUT2D eigenvalue weighted by Gasteiger charge is 2.26. The van der Waals surface area contributed by atoms with E-state index in [0.29, 0.717) is 6.42 Å². The summed E-state index contributed by atoms with van der Waals surface area (Å²) in [6, 6.07) is 5.68. The second-order valence-corrected chi connectivity index (χ2v) is 4.65. The molecule has 1 heterocycles. The first-order chi connectivity index (χ1) is 8.03. The number of hydrogen-bond donors (Lipinski definition) is 2. The van der Waals surface area contributed by atoms with Crippen molar-refractivity contribution in [1.29, 1.82) is 0 Å². The molecule has 2 rings (SSSR count). The Labute approximate surface area is 101 Å². The molecule has 1 amide bonds. The third-order valence-electron chi connectivity index (χ3n) is 3.20. The number of carbonyl (C=O) groups excluding carboxylic acids is 1. The second-order valence-electron chi connectivity index (χ2n) is 4.65. The van der Waals surface area contributed by atoms with Crippen LogP contribution >= 0.6 is 0 Å². The Morgan fingerprint density at radius 3 is 3.06 bits per heavy atom. The first-order valence-electron chi connectivity index (χ1n) is 5.89. The van der Waals surface area contributed by atoms with E-state index in [0.717, 1.165) is 30.0 Å². The zero-order chi connectivity index (χ0) is 12.5. The van der Waals surface area contributed by atoms with E-state index >= 15 is 0 Å². The van der Waals surface area contributed by atoms with Crippen LogP contribution in [0, 0.1) is 0 Å². The summed E-state index contributed by atoms with van der Waals surface area (Å²) >= 11 is 0. The van der Waals surface area contributed by atoms with Gasteiger partial charge in [0.15, 0.2) is 0 Å². The Bertz CT molecular complexity index is 441. The number of fused-ring (bicyclic) bond motifs is 1. The lowest BCUT2D eigenvalue weighted by Crippen LogP contribution is -2.47. The highest BCUT2D eigenvalue weighted by atomic mass is 16.5. The fraction of sp³-hybridized carbons (Fsp3) is 0.462. The van der Waals surface area contributed by atoms with Crippen molar-refractivity contribution >= 4 is 11.6 Å². The normalized spacial score (nSPS) is 16.9. The van der Waals surface area contributed by atoms with Crippen molar-refractivity contribution in [2.75, 3.05) is 11.9 Å². The van der Waals surface area contributed by atoms with Crippen LogP contribution in [-0.4, -0.2) is 18.1 Å². The number of benzene rings is 1. The molecule has 4 heteroatoms. The Kier molecular flexibility index (Phi) is 3.07. The molecule has 0 fully saturated rings. The summed E-state index contributed by atoms with van der Waals surface area (Å²) in [5, 5.41) is 2.84. The Morgan fingerprint density at radius 1 is 1.59 bits per heavy atom. The lowest BCUT2D eigenvalue weighted by molar-refractivity contribution is -0.120. The van der Waals surface area contributed by atoms with Crippen LogP contribution in [0.5, 0.6) is 5.75 Å². The molecule has 1 aliphatic rings. The molecule has 1 aliphatic heterocycles. The minimum Gasteiger partial charge on any atom is -0.493 e. The molecule has 92 valence electrons. The minimum atomic E-state index is -0.824. The molecule has 4 nitrogen and oxygen atoms in total. The maximum atomic E-state index is 11.9. The molecule has 1 atom stereocenters. The van der Waals surface area contributed by atoms with Crippen LogP contribution in [0.15, 0.2) is 18.2 Å². The number of anilines is 1. The summed E-state index contributed by atoms with van der Waals surface area (Å²) in [6.07, 6.45) is 1.50. The van der Waals surface area contributed by atoms with Crippen LogP contribution in [0.1, 0.15) is 25.8 Å². The number of rotatable bonds is 3. The highest BCUT2D eigenvalue weighted by Crippen LogP contribution is 2.28. The molecule has 0 aromatic heterocycles. The van der Waals surface area contributed by atoms with Crippen molar-refractivity contribution < 1.29 is 9.53 Å². The molecule has 1 aromatic carbocycles. The maximum absolute atomic E-state index is 11.9. The molecule has 1 aromatic rings. The summed E-state index contributed by atoms with van der Waals surface area (Å²) < 4.78 is 5.41. The van der Waals surface area contributed by atoms with Gasteiger partial charge >= 0.3 is 0 Å². The monoisotopic (exact) mass is 234 g/mol. The van der Waals surface area contributed by atoms with E-state index in [-0.39, 0.29) is 5.91 Å². The van der Waals surface area contributed by atoms with Crippen LogP contribution in [-0.2, 0) is 11.2 Å². The van der Waals surface area contributed by atoms with Crippen molar-refractivity contribution in [2.24, 2.45) is 5.73 Å². The van der Waals surface area contributed by atoms with Gasteiger partial charge in [-0.05, 0) is 37.1 Å². The average Bonchev–Trinajstić information content (AvgIpc) is 2.76. The minimum absolute atomic E-state index is 0.154. The summed E-state index contributed by atoms with van der Waals surface area (Å²) in [4.78, 5) is 11.9. The van der Waals surface area contributed by atoms with Gasteiger partial charge in [0, 0.05) is 12.1 Å². The molecule has 17 heavy (non-hydrogen) atoms. The van der Waals surface area contributed by atoms with Gasteiger partial charge in [0.25, 0.3) is 0 Å². The zero-order valence-corrected chi connectivity index (χ0v) is 10.2. The quantitative estimate of drug-likeness (QED) is 0.836. The van der Waals surface area contributed by atoms with Gasteiger partial charge < -0.3 is 15.8 Å². The first-order valence-corrected chi connectivity index (χ1v) is 5.89. The van der Waals surface area contributed by atoms with E-state index in [1.807, 2.05) is 25.1 Å². The molecule has 0 aliphatic carbocycles. The van der Waals surface area contributed by atoms with Gasteiger partial charge in [0.05, 0.1) is 12.1 Å². The van der Waals surface area contributed by atoms with Crippen molar-refractivity contribution in [3.8, 4) is 5.75 Å². The van der Waals surface area contributed by atoms with Crippen LogP contribution in [0.4, 0.5) is 5.69 Å². The molecule has 0 saturated carbocycles. The van der Waals surface area contributed by atoms with Crippen molar-refractivity contribution in [3.63, 3.8) is 0 Å². The zero-order valence-electron chi connectivity index (χ0n) is 10.2. The largest absolute Gasteiger partial charge is 0.493 e. The first kappa shape index (κ1) is 11.9. The lowest BCUT2D eigenvalue weighted by Gasteiger charge is -2.21. The number of nitrogens with one attached hydrogen (secondary N) is 1. The molecule has 3 N–H and O–H groups in total. The van der Waals surface area contributed by atoms with Gasteiger partial charge in [0.2, 0.25) is 5.91 Å². The van der Waals surface area contributed by atoms with E-state index in [1.54, 1.807) is 6.92 Å². The van der Waals surface area contributed by atoms with Gasteiger partial charge in [-0.1, -0.05) is 6.92 Å². The number of amides is 1. The van der Waals surface area contributed by atoms with Crippen LogP contribution in [0.25, 0.3) is 0 Å². The summed E-state index contributed by atoms with van der Waals surface area (Å²) in [6.45, 7) is 4.35. The lowest BCUT2D eigenvalue weighted by atomic mass is 9.99. The van der Waals surface area contributed by atoms with Crippen molar-refractivity contribution in [3.05, 3.63) is 23.8 Å². The van der Waals surface area contributed by atoms with E-state index < -0.39 is 5.54 Å². The smallest absolute Gasteiger partial charge is 0.244 e. The van der Waals surface area contributed by atoms with E-state index in [2.05, 4.69) is 5.32 Å². The Morgan fingerprint density at radius 2 is 2.35 bits per heavy atom. The number of nitrogens with two attached hydrogens (primary N) is 1. The molecule has 0 spiro atoms. The van der Waals surface area contributed by atoms with Gasteiger partial charge in [-0.25, -0.2) is 0 Å². The van der Waals surface area contributed by atoms with Gasteiger partial charge in [0.1, 0.15) is 5.75 Å². The van der Waals surface area contributed by atoms with E-state index in [1.165, 1.54) is 0 Å². The van der Waals surface area contributed by atoms with E-state index in [4.69, 9.17) is 10.5 Å². The topological polar surface area (TPSA) is 64.4 Å². The predicted molar refractivity (Wildman–Crippen MR) is 67.2 cm³/mol. The number of hydrogen-bond acceptors (Lipinski definition) is 3. The van der Waals surface area contributed by atoms with Gasteiger partial charge in [-0.15, -0.1) is 0 Å². The molecule has 1 unspecified atom stereocenters. The van der Waals surface area contributed by atoms with Crippen LogP contribution < -0.4 is 15.8 Å². The summed E-state index contributed by atoms with van der Waals surface area (Å²) in [5.74, 6) is 0.757. The number of ether oxygens (including phenoxy) is 1. The van der Waals surface area contributed by atoms with Crippen LogP contribution in [0.2, 0.25) is 0 Å². The number of carbonyl (C=O) groups is 1. The molecular weight excluding hydrogens is 216 g/mol. The Hall–Kier alpha value is -1.55. The van der Waals surface area contributed by atoms with E-state index in [9.17, 15) is 4.79 Å². The average molecular weight is 234 g/mol. The molecular formula is C13H18N2O2. The summed E-state index contributed by atoms with van der Waals surface area (Å²) in [7, 11) is 0. The third-order valence-corrected chi connectivity index (χ3v) is 3.20. The SMILES string of the molecule is CCC(C)(N)C(=O)Nc1ccc2c(c1)CCO2.